The summed E-state index contributed by atoms with van der Waals surface area (Å²) >= 11 is 0. The first-order valence-corrected chi connectivity index (χ1v) is 10.3. The number of rotatable bonds is 5. The number of hydrogen-bond donors (Lipinski definition) is 2. The highest BCUT2D eigenvalue weighted by Crippen LogP contribution is 2.23. The predicted molar refractivity (Wildman–Crippen MR) is 98.0 cm³/mol. The molecule has 2 N–H and O–H groups in total. The summed E-state index contributed by atoms with van der Waals surface area (Å²) in [6.45, 7) is 3.44. The van der Waals surface area contributed by atoms with Crippen LogP contribution in [-0.4, -0.2) is 47.9 Å². The van der Waals surface area contributed by atoms with E-state index in [1.807, 2.05) is 0 Å². The fraction of sp³-hybridized carbons (Fsp3) is 0.471. The lowest BCUT2D eigenvalue weighted by molar-refractivity contribution is 0.102. The van der Waals surface area contributed by atoms with E-state index < -0.39 is 15.7 Å². The molecular formula is C17H23N5O3S. The highest BCUT2D eigenvalue weighted by molar-refractivity contribution is 7.91. The van der Waals surface area contributed by atoms with Gasteiger partial charge in [0.15, 0.2) is 15.7 Å². The monoisotopic (exact) mass is 377 g/mol. The average molecular weight is 377 g/mol. The molecule has 1 saturated heterocycles. The molecule has 0 saturated carbocycles. The number of carbonyl (C=O) groups excluding carboxylic acids is 1. The minimum Gasteiger partial charge on any atom is -0.317 e. The van der Waals surface area contributed by atoms with Gasteiger partial charge in [0.25, 0.3) is 5.91 Å². The molecule has 0 radical (unpaired) electrons. The minimum absolute atomic E-state index is 0.0129. The lowest BCUT2D eigenvalue weighted by Crippen LogP contribution is -2.27. The van der Waals surface area contributed by atoms with Crippen LogP contribution in [0.1, 0.15) is 41.9 Å². The lowest BCUT2D eigenvalue weighted by Gasteiger charge is -2.19. The van der Waals surface area contributed by atoms with Crippen molar-refractivity contribution in [1.82, 2.24) is 20.1 Å². The van der Waals surface area contributed by atoms with Gasteiger partial charge >= 0.3 is 0 Å². The topological polar surface area (TPSA) is 106 Å². The van der Waals surface area contributed by atoms with Crippen molar-refractivity contribution in [3.8, 4) is 0 Å². The van der Waals surface area contributed by atoms with Crippen LogP contribution in [0.4, 0.5) is 5.95 Å². The number of piperidine rings is 1. The van der Waals surface area contributed by atoms with Gasteiger partial charge in [0, 0.05) is 18.5 Å². The third-order valence-electron chi connectivity index (χ3n) is 4.54. The van der Waals surface area contributed by atoms with E-state index in [0.29, 0.717) is 5.95 Å². The molecule has 3 rings (SSSR count). The molecule has 26 heavy (non-hydrogen) atoms. The standard InChI is InChI=1S/C17H23N5O3S/c1-3-26(24,25)14-6-4-5-13(11-14)16(23)20-17-19-15(21-22(17)2)12-7-9-18-10-8-12/h4-6,11-12,18H,3,7-10H2,1-2H3,(H,19,20,21,23). The molecular weight excluding hydrogens is 354 g/mol. The number of benzene rings is 1. The van der Waals surface area contributed by atoms with Crippen molar-refractivity contribution in [2.75, 3.05) is 24.2 Å². The Balaban J connectivity index is 1.78. The Morgan fingerprint density at radius 2 is 2.08 bits per heavy atom. The molecule has 0 spiro atoms. The van der Waals surface area contributed by atoms with Gasteiger partial charge in [-0.2, -0.15) is 10.1 Å². The van der Waals surface area contributed by atoms with Crippen LogP contribution in [0, 0.1) is 0 Å². The zero-order chi connectivity index (χ0) is 18.7. The summed E-state index contributed by atoms with van der Waals surface area (Å²) in [6.07, 6.45) is 1.93. The molecule has 2 aromatic rings. The van der Waals surface area contributed by atoms with E-state index in [1.165, 1.54) is 12.1 Å². The van der Waals surface area contributed by atoms with Gasteiger partial charge in [-0.25, -0.2) is 13.1 Å². The van der Waals surface area contributed by atoms with Gasteiger partial charge in [0.05, 0.1) is 10.6 Å². The van der Waals surface area contributed by atoms with Gasteiger partial charge in [-0.15, -0.1) is 0 Å². The highest BCUT2D eigenvalue weighted by Gasteiger charge is 2.22. The van der Waals surface area contributed by atoms with Gasteiger partial charge in [0.2, 0.25) is 5.95 Å². The maximum Gasteiger partial charge on any atom is 0.258 e. The number of carbonyl (C=O) groups is 1. The first-order valence-electron chi connectivity index (χ1n) is 8.66. The van der Waals surface area contributed by atoms with Crippen molar-refractivity contribution in [2.24, 2.45) is 7.05 Å². The molecule has 1 aliphatic heterocycles. The zero-order valence-electron chi connectivity index (χ0n) is 14.9. The summed E-state index contributed by atoms with van der Waals surface area (Å²) in [5, 5.41) is 10.4. The quantitative estimate of drug-likeness (QED) is 0.814. The molecule has 0 unspecified atom stereocenters. The Hall–Kier alpha value is -2.26. The van der Waals surface area contributed by atoms with Crippen LogP contribution in [0.5, 0.6) is 0 Å². The van der Waals surface area contributed by atoms with E-state index >= 15 is 0 Å². The summed E-state index contributed by atoms with van der Waals surface area (Å²) in [7, 11) is -1.64. The smallest absolute Gasteiger partial charge is 0.258 e. The Morgan fingerprint density at radius 1 is 1.35 bits per heavy atom. The fourth-order valence-corrected chi connectivity index (χ4v) is 3.86. The van der Waals surface area contributed by atoms with Crippen molar-refractivity contribution < 1.29 is 13.2 Å². The number of nitrogens with one attached hydrogen (secondary N) is 2. The summed E-state index contributed by atoms with van der Waals surface area (Å²) in [5.74, 6) is 0.941. The first kappa shape index (κ1) is 18.5. The summed E-state index contributed by atoms with van der Waals surface area (Å²) < 4.78 is 25.6. The van der Waals surface area contributed by atoms with Gasteiger partial charge < -0.3 is 5.32 Å². The van der Waals surface area contributed by atoms with E-state index in [0.717, 1.165) is 31.8 Å². The molecule has 1 fully saturated rings. The van der Waals surface area contributed by atoms with Crippen LogP contribution in [0.2, 0.25) is 0 Å². The number of sulfone groups is 1. The number of anilines is 1. The fourth-order valence-electron chi connectivity index (χ4n) is 2.94. The second kappa shape index (κ2) is 7.55. The third kappa shape index (κ3) is 3.94. The molecule has 0 aliphatic carbocycles. The Kier molecular flexibility index (Phi) is 5.38. The van der Waals surface area contributed by atoms with Crippen LogP contribution >= 0.6 is 0 Å². The molecule has 0 atom stereocenters. The van der Waals surface area contributed by atoms with Crippen LogP contribution in [0.25, 0.3) is 0 Å². The van der Waals surface area contributed by atoms with Crippen LogP contribution in [0.3, 0.4) is 0 Å². The summed E-state index contributed by atoms with van der Waals surface area (Å²) in [5.41, 5.74) is 0.269. The van der Waals surface area contributed by atoms with E-state index in [4.69, 9.17) is 0 Å². The van der Waals surface area contributed by atoms with Crippen LogP contribution in [0.15, 0.2) is 29.2 Å². The lowest BCUT2D eigenvalue weighted by atomic mass is 9.98. The summed E-state index contributed by atoms with van der Waals surface area (Å²) in [4.78, 5) is 17.1. The first-order chi connectivity index (χ1) is 12.4. The Morgan fingerprint density at radius 3 is 2.77 bits per heavy atom. The van der Waals surface area contributed by atoms with E-state index in [2.05, 4.69) is 20.7 Å². The van der Waals surface area contributed by atoms with Gasteiger partial charge in [-0.1, -0.05) is 13.0 Å². The van der Waals surface area contributed by atoms with E-state index in [-0.39, 0.29) is 22.1 Å². The SMILES string of the molecule is CCS(=O)(=O)c1cccc(C(=O)Nc2nc(C3CCNCC3)nn2C)c1. The molecule has 1 aromatic heterocycles. The number of aryl methyl sites for hydroxylation is 1. The van der Waals surface area contributed by atoms with Crippen LogP contribution < -0.4 is 10.6 Å². The molecule has 2 heterocycles. The van der Waals surface area contributed by atoms with Crippen molar-refractivity contribution in [2.45, 2.75) is 30.6 Å². The molecule has 0 bridgehead atoms. The second-order valence-electron chi connectivity index (χ2n) is 6.33. The average Bonchev–Trinajstić information content (AvgIpc) is 3.03. The van der Waals surface area contributed by atoms with E-state index in [9.17, 15) is 13.2 Å². The molecule has 140 valence electrons. The number of nitrogens with zero attached hydrogens (tertiary/aromatic N) is 3. The second-order valence-corrected chi connectivity index (χ2v) is 8.61. The molecule has 8 nitrogen and oxygen atoms in total. The van der Waals surface area contributed by atoms with Gasteiger partial charge in [-0.3, -0.25) is 10.1 Å². The highest BCUT2D eigenvalue weighted by atomic mass is 32.2. The predicted octanol–water partition coefficient (Wildman–Crippen LogP) is 1.33. The Labute approximate surface area is 152 Å². The zero-order valence-corrected chi connectivity index (χ0v) is 15.7. The largest absolute Gasteiger partial charge is 0.317 e. The number of aromatic nitrogens is 3. The number of amides is 1. The normalized spacial score (nSPS) is 15.8. The maximum absolute atomic E-state index is 12.5. The third-order valence-corrected chi connectivity index (χ3v) is 6.28. The minimum atomic E-state index is -3.36. The van der Waals surface area contributed by atoms with E-state index in [1.54, 1.807) is 30.8 Å². The van der Waals surface area contributed by atoms with Gasteiger partial charge in [0.1, 0.15) is 0 Å². The number of hydrogen-bond acceptors (Lipinski definition) is 6. The van der Waals surface area contributed by atoms with Crippen molar-refractivity contribution in [3.05, 3.63) is 35.7 Å². The molecule has 1 amide bonds. The molecule has 9 heteroatoms. The molecule has 1 aliphatic rings. The van der Waals surface area contributed by atoms with Gasteiger partial charge in [-0.05, 0) is 44.1 Å². The summed E-state index contributed by atoms with van der Waals surface area (Å²) in [6, 6.07) is 6.02. The van der Waals surface area contributed by atoms with Crippen molar-refractivity contribution in [3.63, 3.8) is 0 Å². The Bertz CT molecular complexity index is 901. The molecule has 1 aromatic carbocycles. The van der Waals surface area contributed by atoms with Crippen molar-refractivity contribution in [1.29, 1.82) is 0 Å². The van der Waals surface area contributed by atoms with Crippen LogP contribution in [-0.2, 0) is 16.9 Å². The van der Waals surface area contributed by atoms with Crippen molar-refractivity contribution >= 4 is 21.7 Å². The maximum atomic E-state index is 12.5.